The molecule has 88 valence electrons. The predicted molar refractivity (Wildman–Crippen MR) is 67.5 cm³/mol. The summed E-state index contributed by atoms with van der Waals surface area (Å²) in [6, 6.07) is 9.52. The van der Waals surface area contributed by atoms with E-state index in [1.54, 1.807) is 19.4 Å². The van der Waals surface area contributed by atoms with Gasteiger partial charge in [0.05, 0.1) is 7.11 Å². The van der Waals surface area contributed by atoms with Crippen LogP contribution in [0.1, 0.15) is 0 Å². The van der Waals surface area contributed by atoms with Crippen molar-refractivity contribution >= 4 is 17.5 Å². The van der Waals surface area contributed by atoms with Crippen molar-refractivity contribution in [3.8, 4) is 5.75 Å². The van der Waals surface area contributed by atoms with Crippen molar-refractivity contribution in [2.75, 3.05) is 24.8 Å². The van der Waals surface area contributed by atoms with Gasteiger partial charge in [0.15, 0.2) is 0 Å². The van der Waals surface area contributed by atoms with Crippen molar-refractivity contribution in [3.05, 3.63) is 36.5 Å². The van der Waals surface area contributed by atoms with Crippen LogP contribution in [0.15, 0.2) is 36.5 Å². The van der Waals surface area contributed by atoms with Crippen LogP contribution in [0.25, 0.3) is 0 Å². The van der Waals surface area contributed by atoms with Crippen LogP contribution < -0.4 is 15.4 Å². The van der Waals surface area contributed by atoms with Gasteiger partial charge in [-0.25, -0.2) is 4.98 Å². The van der Waals surface area contributed by atoms with Gasteiger partial charge in [0.25, 0.3) is 0 Å². The van der Waals surface area contributed by atoms with E-state index in [1.165, 1.54) is 0 Å². The molecular formula is C12H14N4O. The van der Waals surface area contributed by atoms with E-state index in [0.717, 1.165) is 17.3 Å². The SMILES string of the molecule is COc1ccc(N(C)c2ccnc(N)n2)cc1. The van der Waals surface area contributed by atoms with Crippen molar-refractivity contribution in [3.63, 3.8) is 0 Å². The molecular weight excluding hydrogens is 216 g/mol. The molecule has 0 aliphatic heterocycles. The van der Waals surface area contributed by atoms with Crippen LogP contribution in [0.3, 0.4) is 0 Å². The summed E-state index contributed by atoms with van der Waals surface area (Å²) in [7, 11) is 3.56. The summed E-state index contributed by atoms with van der Waals surface area (Å²) >= 11 is 0. The maximum absolute atomic E-state index is 5.55. The van der Waals surface area contributed by atoms with Crippen LogP contribution in [0.5, 0.6) is 5.75 Å². The first kappa shape index (κ1) is 11.2. The summed E-state index contributed by atoms with van der Waals surface area (Å²) in [5, 5.41) is 0. The zero-order valence-electron chi connectivity index (χ0n) is 9.79. The quantitative estimate of drug-likeness (QED) is 0.871. The molecule has 2 N–H and O–H groups in total. The third-order valence-electron chi connectivity index (χ3n) is 2.46. The Morgan fingerprint density at radius 2 is 1.88 bits per heavy atom. The maximum atomic E-state index is 5.55. The number of rotatable bonds is 3. The summed E-state index contributed by atoms with van der Waals surface area (Å²) in [6.45, 7) is 0. The molecule has 0 spiro atoms. The van der Waals surface area contributed by atoms with Crippen molar-refractivity contribution < 1.29 is 4.74 Å². The van der Waals surface area contributed by atoms with Gasteiger partial charge in [-0.1, -0.05) is 0 Å². The smallest absolute Gasteiger partial charge is 0.221 e. The molecule has 0 fully saturated rings. The van der Waals surface area contributed by atoms with Gasteiger partial charge in [-0.15, -0.1) is 0 Å². The molecule has 2 aromatic rings. The molecule has 5 heteroatoms. The van der Waals surface area contributed by atoms with Gasteiger partial charge in [0.2, 0.25) is 5.95 Å². The van der Waals surface area contributed by atoms with Crippen molar-refractivity contribution in [2.24, 2.45) is 0 Å². The number of hydrogen-bond acceptors (Lipinski definition) is 5. The van der Waals surface area contributed by atoms with E-state index in [1.807, 2.05) is 36.2 Å². The van der Waals surface area contributed by atoms with Crippen molar-refractivity contribution in [1.29, 1.82) is 0 Å². The highest BCUT2D eigenvalue weighted by Gasteiger charge is 2.05. The van der Waals surface area contributed by atoms with E-state index in [4.69, 9.17) is 10.5 Å². The summed E-state index contributed by atoms with van der Waals surface area (Å²) in [5.74, 6) is 1.84. The molecule has 0 unspecified atom stereocenters. The first-order chi connectivity index (χ1) is 8.20. The molecule has 0 saturated heterocycles. The minimum absolute atomic E-state index is 0.267. The highest BCUT2D eigenvalue weighted by Crippen LogP contribution is 2.23. The number of nitrogen functional groups attached to an aromatic ring is 1. The topological polar surface area (TPSA) is 64.3 Å². The molecule has 1 heterocycles. The Kier molecular flexibility index (Phi) is 3.09. The monoisotopic (exact) mass is 230 g/mol. The third kappa shape index (κ3) is 2.44. The second kappa shape index (κ2) is 4.69. The van der Waals surface area contributed by atoms with E-state index in [-0.39, 0.29) is 5.95 Å². The lowest BCUT2D eigenvalue weighted by Gasteiger charge is -2.18. The molecule has 0 aliphatic rings. The van der Waals surface area contributed by atoms with E-state index in [9.17, 15) is 0 Å². The molecule has 5 nitrogen and oxygen atoms in total. The number of aromatic nitrogens is 2. The van der Waals surface area contributed by atoms with Crippen molar-refractivity contribution in [1.82, 2.24) is 9.97 Å². The van der Waals surface area contributed by atoms with Crippen molar-refractivity contribution in [2.45, 2.75) is 0 Å². The standard InChI is InChI=1S/C12H14N4O/c1-16(11-7-8-14-12(13)15-11)9-3-5-10(17-2)6-4-9/h3-8H,1-2H3,(H2,13,14,15). The van der Waals surface area contributed by atoms with Gasteiger partial charge in [0, 0.05) is 18.9 Å². The lowest BCUT2D eigenvalue weighted by atomic mass is 10.3. The van der Waals surface area contributed by atoms with E-state index in [2.05, 4.69) is 9.97 Å². The molecule has 0 radical (unpaired) electrons. The Labute approximate surface area is 99.9 Å². The molecule has 0 atom stereocenters. The maximum Gasteiger partial charge on any atom is 0.221 e. The van der Waals surface area contributed by atoms with Crippen LogP contribution >= 0.6 is 0 Å². The molecule has 1 aromatic heterocycles. The second-order valence-corrected chi connectivity index (χ2v) is 3.53. The highest BCUT2D eigenvalue weighted by molar-refractivity contribution is 5.60. The summed E-state index contributed by atoms with van der Waals surface area (Å²) in [6.07, 6.45) is 1.64. The molecule has 0 saturated carbocycles. The fourth-order valence-electron chi connectivity index (χ4n) is 1.49. The van der Waals surface area contributed by atoms with Gasteiger partial charge in [-0.2, -0.15) is 4.98 Å². The number of nitrogens with two attached hydrogens (primary N) is 1. The van der Waals surface area contributed by atoms with Crippen LogP contribution in [0.2, 0.25) is 0 Å². The first-order valence-electron chi connectivity index (χ1n) is 5.17. The van der Waals surface area contributed by atoms with Gasteiger partial charge in [-0.3, -0.25) is 0 Å². The lowest BCUT2D eigenvalue weighted by molar-refractivity contribution is 0.415. The zero-order valence-corrected chi connectivity index (χ0v) is 9.79. The fourth-order valence-corrected chi connectivity index (χ4v) is 1.49. The normalized spacial score (nSPS) is 10.0. The Morgan fingerprint density at radius 1 is 1.18 bits per heavy atom. The number of anilines is 3. The van der Waals surface area contributed by atoms with Gasteiger partial charge in [-0.05, 0) is 30.3 Å². The number of nitrogens with zero attached hydrogens (tertiary/aromatic N) is 3. The van der Waals surface area contributed by atoms with Gasteiger partial charge >= 0.3 is 0 Å². The number of methoxy groups -OCH3 is 1. The van der Waals surface area contributed by atoms with Crippen LogP contribution in [-0.2, 0) is 0 Å². The van der Waals surface area contributed by atoms with Crippen LogP contribution in [0, 0.1) is 0 Å². The highest BCUT2D eigenvalue weighted by atomic mass is 16.5. The first-order valence-corrected chi connectivity index (χ1v) is 5.17. The molecule has 0 amide bonds. The Morgan fingerprint density at radius 3 is 2.47 bits per heavy atom. The second-order valence-electron chi connectivity index (χ2n) is 3.53. The summed E-state index contributed by atoms with van der Waals surface area (Å²) in [5.41, 5.74) is 6.55. The summed E-state index contributed by atoms with van der Waals surface area (Å²) in [4.78, 5) is 9.94. The van der Waals surface area contributed by atoms with Gasteiger partial charge < -0.3 is 15.4 Å². The van der Waals surface area contributed by atoms with Gasteiger partial charge in [0.1, 0.15) is 11.6 Å². The van der Waals surface area contributed by atoms with E-state index in [0.29, 0.717) is 0 Å². The van der Waals surface area contributed by atoms with E-state index < -0.39 is 0 Å². The average Bonchev–Trinajstić information content (AvgIpc) is 2.38. The van der Waals surface area contributed by atoms with Crippen LogP contribution in [-0.4, -0.2) is 24.1 Å². The molecule has 17 heavy (non-hydrogen) atoms. The summed E-state index contributed by atoms with van der Waals surface area (Å²) < 4.78 is 5.11. The Balaban J connectivity index is 2.27. The Bertz CT molecular complexity index is 498. The predicted octanol–water partition coefficient (Wildman–Crippen LogP) is 1.84. The van der Waals surface area contributed by atoms with Crippen LogP contribution in [0.4, 0.5) is 17.5 Å². The number of hydrogen-bond donors (Lipinski definition) is 1. The Hall–Kier alpha value is -2.30. The fraction of sp³-hybridized carbons (Fsp3) is 0.167. The number of ether oxygens (including phenoxy) is 1. The average molecular weight is 230 g/mol. The van der Waals surface area contributed by atoms with E-state index >= 15 is 0 Å². The minimum atomic E-state index is 0.267. The third-order valence-corrected chi connectivity index (χ3v) is 2.46. The molecule has 0 aliphatic carbocycles. The number of benzene rings is 1. The molecule has 1 aromatic carbocycles. The largest absolute Gasteiger partial charge is 0.497 e. The molecule has 0 bridgehead atoms. The molecule has 2 rings (SSSR count). The minimum Gasteiger partial charge on any atom is -0.497 e. The lowest BCUT2D eigenvalue weighted by Crippen LogP contribution is -2.12. The zero-order chi connectivity index (χ0) is 12.3.